The summed E-state index contributed by atoms with van der Waals surface area (Å²) in [6.45, 7) is 0.791. The Morgan fingerprint density at radius 1 is 1.24 bits per heavy atom. The fraction of sp³-hybridized carbons (Fsp3) is 0.647. The van der Waals surface area contributed by atoms with E-state index in [1.54, 1.807) is 7.11 Å². The Balaban J connectivity index is 2.24. The van der Waals surface area contributed by atoms with Gasteiger partial charge in [0.2, 0.25) is 0 Å². The molecule has 0 heterocycles. The van der Waals surface area contributed by atoms with Crippen LogP contribution in [0.15, 0.2) is 24.3 Å². The first-order valence-corrected chi connectivity index (χ1v) is 7.64. The molecule has 1 fully saturated rings. The highest BCUT2D eigenvalue weighted by Gasteiger charge is 2.40. The summed E-state index contributed by atoms with van der Waals surface area (Å²) in [7, 11) is 5.71. The van der Waals surface area contributed by atoms with Crippen molar-refractivity contribution in [1.82, 2.24) is 4.90 Å². The van der Waals surface area contributed by atoms with Gasteiger partial charge in [0, 0.05) is 12.5 Å². The van der Waals surface area contributed by atoms with E-state index in [2.05, 4.69) is 4.90 Å². The minimum Gasteiger partial charge on any atom is -0.497 e. The van der Waals surface area contributed by atoms with Crippen LogP contribution < -0.4 is 4.74 Å². The number of nitrogens with zero attached hydrogens (tertiary/aromatic N) is 1. The summed E-state index contributed by atoms with van der Waals surface area (Å²) in [5.74, 6) is 0.874. The quantitative estimate of drug-likeness (QED) is 0.872. The standard InChI is InChI=1S/C17H27NO3/c1-18(2)12-16(13-4-6-15(21-3)7-5-13)17(20)10-8-14(19)9-11-17/h4-7,14,16,19-20H,8-12H2,1-3H3. The van der Waals surface area contributed by atoms with Crippen LogP contribution in [0.2, 0.25) is 0 Å². The summed E-state index contributed by atoms with van der Waals surface area (Å²) < 4.78 is 5.21. The molecule has 21 heavy (non-hydrogen) atoms. The van der Waals surface area contributed by atoms with Crippen molar-refractivity contribution in [3.05, 3.63) is 29.8 Å². The number of ether oxygens (including phenoxy) is 1. The lowest BCUT2D eigenvalue weighted by Crippen LogP contribution is -2.45. The van der Waals surface area contributed by atoms with Gasteiger partial charge in [-0.15, -0.1) is 0 Å². The average Bonchev–Trinajstić information content (AvgIpc) is 2.48. The first kappa shape index (κ1) is 16.3. The third kappa shape index (κ3) is 3.96. The van der Waals surface area contributed by atoms with Crippen molar-refractivity contribution in [2.24, 2.45) is 0 Å². The van der Waals surface area contributed by atoms with Gasteiger partial charge in [0.1, 0.15) is 5.75 Å². The second kappa shape index (κ2) is 6.77. The molecule has 0 radical (unpaired) electrons. The fourth-order valence-electron chi connectivity index (χ4n) is 3.24. The molecule has 0 bridgehead atoms. The molecule has 0 spiro atoms. The summed E-state index contributed by atoms with van der Waals surface area (Å²) in [4.78, 5) is 2.11. The number of rotatable bonds is 5. The lowest BCUT2D eigenvalue weighted by molar-refractivity contribution is -0.0556. The average molecular weight is 293 g/mol. The van der Waals surface area contributed by atoms with Gasteiger partial charge in [-0.3, -0.25) is 0 Å². The molecule has 1 aliphatic rings. The summed E-state index contributed by atoms with van der Waals surface area (Å²) >= 11 is 0. The molecular weight excluding hydrogens is 266 g/mol. The molecule has 1 unspecified atom stereocenters. The molecule has 118 valence electrons. The van der Waals surface area contributed by atoms with Crippen molar-refractivity contribution in [2.75, 3.05) is 27.7 Å². The topological polar surface area (TPSA) is 52.9 Å². The molecule has 4 heteroatoms. The van der Waals surface area contributed by atoms with Gasteiger partial charge in [0.25, 0.3) is 0 Å². The second-order valence-electron chi connectivity index (χ2n) is 6.42. The Labute approximate surface area is 127 Å². The lowest BCUT2D eigenvalue weighted by atomic mass is 9.72. The van der Waals surface area contributed by atoms with Crippen LogP contribution >= 0.6 is 0 Å². The van der Waals surface area contributed by atoms with Crippen molar-refractivity contribution >= 4 is 0 Å². The van der Waals surface area contributed by atoms with Crippen LogP contribution in [0.4, 0.5) is 0 Å². The highest BCUT2D eigenvalue weighted by molar-refractivity contribution is 5.31. The zero-order valence-corrected chi connectivity index (χ0v) is 13.2. The van der Waals surface area contributed by atoms with Crippen molar-refractivity contribution in [2.45, 2.75) is 43.3 Å². The van der Waals surface area contributed by atoms with Gasteiger partial charge < -0.3 is 19.8 Å². The Morgan fingerprint density at radius 3 is 2.29 bits per heavy atom. The van der Waals surface area contributed by atoms with Crippen LogP contribution in [0.25, 0.3) is 0 Å². The highest BCUT2D eigenvalue weighted by atomic mass is 16.5. The Bertz CT molecular complexity index is 436. The molecule has 0 saturated heterocycles. The van der Waals surface area contributed by atoms with E-state index in [4.69, 9.17) is 4.74 Å². The van der Waals surface area contributed by atoms with E-state index in [9.17, 15) is 10.2 Å². The van der Waals surface area contributed by atoms with Gasteiger partial charge in [-0.25, -0.2) is 0 Å². The second-order valence-corrected chi connectivity index (χ2v) is 6.42. The van der Waals surface area contributed by atoms with Crippen molar-refractivity contribution in [3.63, 3.8) is 0 Å². The zero-order valence-electron chi connectivity index (χ0n) is 13.2. The first-order chi connectivity index (χ1) is 9.94. The van der Waals surface area contributed by atoms with Crippen molar-refractivity contribution in [3.8, 4) is 5.75 Å². The van der Waals surface area contributed by atoms with Crippen LogP contribution in [0.5, 0.6) is 5.75 Å². The number of hydrogen-bond acceptors (Lipinski definition) is 4. The summed E-state index contributed by atoms with van der Waals surface area (Å²) in [6, 6.07) is 7.96. The predicted molar refractivity (Wildman–Crippen MR) is 83.7 cm³/mol. The predicted octanol–water partition coefficient (Wildman–Crippen LogP) is 2.01. The normalized spacial score (nSPS) is 27.6. The number of methoxy groups -OCH3 is 1. The molecule has 2 rings (SSSR count). The largest absolute Gasteiger partial charge is 0.497 e. The summed E-state index contributed by atoms with van der Waals surface area (Å²) in [6.07, 6.45) is 2.39. The summed E-state index contributed by atoms with van der Waals surface area (Å²) in [5, 5.41) is 20.8. The molecule has 1 atom stereocenters. The maximum absolute atomic E-state index is 11.1. The number of benzene rings is 1. The third-order valence-corrected chi connectivity index (χ3v) is 4.54. The van der Waals surface area contributed by atoms with Crippen LogP contribution in [0.3, 0.4) is 0 Å². The molecule has 1 aliphatic carbocycles. The van der Waals surface area contributed by atoms with Gasteiger partial charge in [-0.1, -0.05) is 12.1 Å². The minimum atomic E-state index is -0.738. The molecule has 0 aliphatic heterocycles. The summed E-state index contributed by atoms with van der Waals surface area (Å²) in [5.41, 5.74) is 0.390. The number of aliphatic hydroxyl groups is 2. The van der Waals surface area contributed by atoms with E-state index in [1.165, 1.54) is 0 Å². The van der Waals surface area contributed by atoms with Crippen molar-refractivity contribution in [1.29, 1.82) is 0 Å². The highest BCUT2D eigenvalue weighted by Crippen LogP contribution is 2.40. The monoisotopic (exact) mass is 293 g/mol. The van der Waals surface area contributed by atoms with Gasteiger partial charge in [-0.05, 0) is 57.5 Å². The third-order valence-electron chi connectivity index (χ3n) is 4.54. The first-order valence-electron chi connectivity index (χ1n) is 7.64. The molecular formula is C17H27NO3. The fourth-order valence-corrected chi connectivity index (χ4v) is 3.24. The molecule has 2 N–H and O–H groups in total. The Morgan fingerprint density at radius 2 is 1.81 bits per heavy atom. The van der Waals surface area contributed by atoms with Gasteiger partial charge in [0.15, 0.2) is 0 Å². The Hall–Kier alpha value is -1.10. The molecule has 4 nitrogen and oxygen atoms in total. The van der Waals surface area contributed by atoms with Crippen LogP contribution in [-0.2, 0) is 0 Å². The van der Waals surface area contributed by atoms with Crippen LogP contribution in [0.1, 0.15) is 37.2 Å². The molecule has 1 aromatic carbocycles. The Kier molecular flexibility index (Phi) is 5.25. The number of hydrogen-bond donors (Lipinski definition) is 2. The van der Waals surface area contributed by atoms with E-state index >= 15 is 0 Å². The van der Waals surface area contributed by atoms with Gasteiger partial charge in [0.05, 0.1) is 18.8 Å². The van der Waals surface area contributed by atoms with Crippen LogP contribution in [0, 0.1) is 0 Å². The minimum absolute atomic E-state index is 0.0471. The van der Waals surface area contributed by atoms with E-state index in [-0.39, 0.29) is 12.0 Å². The molecule has 1 aromatic rings. The molecule has 1 saturated carbocycles. The maximum Gasteiger partial charge on any atom is 0.118 e. The van der Waals surface area contributed by atoms with E-state index in [0.29, 0.717) is 25.7 Å². The van der Waals surface area contributed by atoms with E-state index < -0.39 is 5.60 Å². The molecule has 0 amide bonds. The number of aliphatic hydroxyl groups excluding tert-OH is 1. The van der Waals surface area contributed by atoms with Crippen molar-refractivity contribution < 1.29 is 14.9 Å². The SMILES string of the molecule is COc1ccc(C(CN(C)C)C2(O)CCC(O)CC2)cc1. The maximum atomic E-state index is 11.1. The van der Waals surface area contributed by atoms with E-state index in [1.807, 2.05) is 38.4 Å². The lowest BCUT2D eigenvalue weighted by Gasteiger charge is -2.42. The zero-order chi connectivity index (χ0) is 15.5. The van der Waals surface area contributed by atoms with Crippen LogP contribution in [-0.4, -0.2) is 54.6 Å². The number of likely N-dealkylation sites (N-methyl/N-ethyl adjacent to an activating group) is 1. The van der Waals surface area contributed by atoms with Gasteiger partial charge in [-0.2, -0.15) is 0 Å². The van der Waals surface area contributed by atoms with E-state index in [0.717, 1.165) is 17.9 Å². The molecule has 0 aromatic heterocycles. The smallest absolute Gasteiger partial charge is 0.118 e. The van der Waals surface area contributed by atoms with Gasteiger partial charge >= 0.3 is 0 Å².